The molecule has 0 aliphatic carbocycles. The minimum absolute atomic E-state index is 0.0243. The van der Waals surface area contributed by atoms with Gasteiger partial charge in [0, 0.05) is 24.6 Å². The SMILES string of the molecule is O=C1COc2ccc(C(=O)N3CCCC(c4cccc(C(=O)O)c4)C3)cc2N1. The molecule has 2 aliphatic rings. The van der Waals surface area contributed by atoms with Crippen LogP contribution in [0.1, 0.15) is 45.0 Å². The van der Waals surface area contributed by atoms with Gasteiger partial charge in [0.05, 0.1) is 11.3 Å². The standard InChI is InChI=1S/C21H20N2O5/c24-19-12-28-18-7-6-14(10-17(18)22-19)20(25)23-8-2-5-16(11-23)13-3-1-4-15(9-13)21(26)27/h1,3-4,6-7,9-10,16H,2,5,8,11-12H2,(H,22,24)(H,26,27). The number of carboxylic acids is 1. The fraction of sp³-hybridized carbons (Fsp3) is 0.286. The van der Waals surface area contributed by atoms with E-state index in [2.05, 4.69) is 5.32 Å². The predicted molar refractivity (Wildman–Crippen MR) is 102 cm³/mol. The Bertz CT molecular complexity index is 956. The number of piperidine rings is 1. The highest BCUT2D eigenvalue weighted by atomic mass is 16.5. The maximum Gasteiger partial charge on any atom is 0.335 e. The molecule has 2 N–H and O–H groups in total. The molecular weight excluding hydrogens is 360 g/mol. The van der Waals surface area contributed by atoms with Crippen LogP contribution >= 0.6 is 0 Å². The second kappa shape index (κ2) is 7.34. The minimum atomic E-state index is -0.955. The lowest BCUT2D eigenvalue weighted by Crippen LogP contribution is -2.39. The van der Waals surface area contributed by atoms with E-state index in [-0.39, 0.29) is 29.9 Å². The first-order chi connectivity index (χ1) is 13.5. The molecule has 144 valence electrons. The number of carboxylic acid groups (broad SMARTS) is 1. The van der Waals surface area contributed by atoms with Crippen molar-refractivity contribution in [2.24, 2.45) is 0 Å². The molecule has 2 heterocycles. The zero-order valence-electron chi connectivity index (χ0n) is 15.2. The van der Waals surface area contributed by atoms with Gasteiger partial charge in [-0.1, -0.05) is 12.1 Å². The Balaban J connectivity index is 1.52. The Morgan fingerprint density at radius 3 is 2.82 bits per heavy atom. The summed E-state index contributed by atoms with van der Waals surface area (Å²) in [5, 5.41) is 11.9. The quantitative estimate of drug-likeness (QED) is 0.854. The second-order valence-corrected chi connectivity index (χ2v) is 7.07. The Morgan fingerprint density at radius 1 is 1.14 bits per heavy atom. The average Bonchev–Trinajstić information content (AvgIpc) is 2.73. The molecule has 7 nitrogen and oxygen atoms in total. The summed E-state index contributed by atoms with van der Waals surface area (Å²) < 4.78 is 5.34. The van der Waals surface area contributed by atoms with Crippen LogP contribution < -0.4 is 10.1 Å². The van der Waals surface area contributed by atoms with Gasteiger partial charge in [-0.15, -0.1) is 0 Å². The van der Waals surface area contributed by atoms with Gasteiger partial charge in [-0.05, 0) is 48.7 Å². The lowest BCUT2D eigenvalue weighted by molar-refractivity contribution is -0.118. The van der Waals surface area contributed by atoms with Crippen LogP contribution in [0.2, 0.25) is 0 Å². The normalized spacial score (nSPS) is 18.6. The fourth-order valence-corrected chi connectivity index (χ4v) is 3.76. The van der Waals surface area contributed by atoms with Gasteiger partial charge >= 0.3 is 5.97 Å². The lowest BCUT2D eigenvalue weighted by atomic mass is 9.89. The number of likely N-dealkylation sites (tertiary alicyclic amines) is 1. The summed E-state index contributed by atoms with van der Waals surface area (Å²) in [5.74, 6) is -0.658. The van der Waals surface area contributed by atoms with Gasteiger partial charge in [-0.3, -0.25) is 9.59 Å². The smallest absolute Gasteiger partial charge is 0.335 e. The van der Waals surface area contributed by atoms with Crippen molar-refractivity contribution in [3.05, 3.63) is 59.2 Å². The van der Waals surface area contributed by atoms with Crippen LogP contribution in [0.4, 0.5) is 5.69 Å². The highest BCUT2D eigenvalue weighted by Gasteiger charge is 2.27. The largest absolute Gasteiger partial charge is 0.482 e. The van der Waals surface area contributed by atoms with Crippen LogP contribution in [0, 0.1) is 0 Å². The van der Waals surface area contributed by atoms with Gasteiger partial charge in [0.15, 0.2) is 6.61 Å². The van der Waals surface area contributed by atoms with E-state index < -0.39 is 5.97 Å². The average molecular weight is 380 g/mol. The second-order valence-electron chi connectivity index (χ2n) is 7.07. The molecule has 0 bridgehead atoms. The Hall–Kier alpha value is -3.35. The molecule has 2 aromatic carbocycles. The van der Waals surface area contributed by atoms with Gasteiger partial charge in [0.25, 0.3) is 11.8 Å². The number of benzene rings is 2. The Kier molecular flexibility index (Phi) is 4.73. The van der Waals surface area contributed by atoms with Crippen molar-refractivity contribution in [3.8, 4) is 5.75 Å². The first-order valence-electron chi connectivity index (χ1n) is 9.20. The summed E-state index contributed by atoms with van der Waals surface area (Å²) in [5.41, 5.74) is 2.18. The number of ether oxygens (including phenoxy) is 1. The third-order valence-electron chi connectivity index (χ3n) is 5.17. The molecule has 7 heteroatoms. The number of fused-ring (bicyclic) bond motifs is 1. The summed E-state index contributed by atoms with van der Waals surface area (Å²) >= 11 is 0. The number of hydrogen-bond donors (Lipinski definition) is 2. The number of aromatic carboxylic acids is 1. The molecule has 4 rings (SSSR count). The number of anilines is 1. The van der Waals surface area contributed by atoms with Crippen LogP contribution in [0.3, 0.4) is 0 Å². The summed E-state index contributed by atoms with van der Waals surface area (Å²) in [6, 6.07) is 12.0. The maximum absolute atomic E-state index is 13.0. The minimum Gasteiger partial charge on any atom is -0.482 e. The molecule has 2 aromatic rings. The molecule has 1 saturated heterocycles. The van der Waals surface area contributed by atoms with Crippen molar-refractivity contribution in [1.82, 2.24) is 4.90 Å². The highest BCUT2D eigenvalue weighted by Crippen LogP contribution is 2.31. The Labute approximate surface area is 161 Å². The molecule has 28 heavy (non-hydrogen) atoms. The molecule has 1 unspecified atom stereocenters. The lowest BCUT2D eigenvalue weighted by Gasteiger charge is -2.33. The monoisotopic (exact) mass is 380 g/mol. The van der Waals surface area contributed by atoms with Gasteiger partial charge in [0.1, 0.15) is 5.75 Å². The molecule has 0 spiro atoms. The summed E-state index contributed by atoms with van der Waals surface area (Å²) in [4.78, 5) is 37.5. The topological polar surface area (TPSA) is 95.9 Å². The van der Waals surface area contributed by atoms with Crippen LogP contribution in [0.5, 0.6) is 5.75 Å². The van der Waals surface area contributed by atoms with Gasteiger partial charge in [0.2, 0.25) is 0 Å². The summed E-state index contributed by atoms with van der Waals surface area (Å²) in [7, 11) is 0. The summed E-state index contributed by atoms with van der Waals surface area (Å²) in [6.07, 6.45) is 1.75. The van der Waals surface area contributed by atoms with Crippen molar-refractivity contribution in [2.45, 2.75) is 18.8 Å². The van der Waals surface area contributed by atoms with E-state index in [4.69, 9.17) is 4.74 Å². The molecule has 1 atom stereocenters. The van der Waals surface area contributed by atoms with E-state index in [1.807, 2.05) is 6.07 Å². The van der Waals surface area contributed by atoms with Crippen molar-refractivity contribution in [3.63, 3.8) is 0 Å². The van der Waals surface area contributed by atoms with E-state index in [1.54, 1.807) is 41.3 Å². The fourth-order valence-electron chi connectivity index (χ4n) is 3.76. The van der Waals surface area contributed by atoms with Crippen molar-refractivity contribution < 1.29 is 24.2 Å². The summed E-state index contributed by atoms with van der Waals surface area (Å²) in [6.45, 7) is 1.15. The van der Waals surface area contributed by atoms with E-state index in [9.17, 15) is 19.5 Å². The number of carbonyl (C=O) groups is 3. The van der Waals surface area contributed by atoms with Crippen LogP contribution in [0.15, 0.2) is 42.5 Å². The van der Waals surface area contributed by atoms with Gasteiger partial charge in [-0.25, -0.2) is 4.79 Å². The number of amides is 2. The van der Waals surface area contributed by atoms with Crippen LogP contribution in [-0.4, -0.2) is 47.5 Å². The third-order valence-corrected chi connectivity index (χ3v) is 5.17. The molecule has 1 fully saturated rings. The molecule has 2 aliphatic heterocycles. The van der Waals surface area contributed by atoms with Gasteiger partial charge in [-0.2, -0.15) is 0 Å². The molecular formula is C21H20N2O5. The van der Waals surface area contributed by atoms with Gasteiger partial charge < -0.3 is 20.1 Å². The molecule has 2 amide bonds. The van der Waals surface area contributed by atoms with E-state index >= 15 is 0 Å². The van der Waals surface area contributed by atoms with Crippen molar-refractivity contribution in [2.75, 3.05) is 25.0 Å². The number of nitrogens with one attached hydrogen (secondary N) is 1. The first-order valence-corrected chi connectivity index (χ1v) is 9.20. The first kappa shape index (κ1) is 18.0. The van der Waals surface area contributed by atoms with Crippen LogP contribution in [0.25, 0.3) is 0 Å². The molecule has 0 saturated carbocycles. The zero-order chi connectivity index (χ0) is 19.7. The highest BCUT2D eigenvalue weighted by molar-refractivity contribution is 6.00. The Morgan fingerprint density at radius 2 is 2.00 bits per heavy atom. The third kappa shape index (κ3) is 3.55. The van der Waals surface area contributed by atoms with Crippen molar-refractivity contribution in [1.29, 1.82) is 0 Å². The predicted octanol–water partition coefficient (Wildman–Crippen LogP) is 2.74. The number of hydrogen-bond acceptors (Lipinski definition) is 4. The molecule has 0 radical (unpaired) electrons. The van der Waals surface area contributed by atoms with E-state index in [0.29, 0.717) is 30.1 Å². The van der Waals surface area contributed by atoms with Crippen LogP contribution in [-0.2, 0) is 4.79 Å². The maximum atomic E-state index is 13.0. The number of rotatable bonds is 3. The molecule has 0 aromatic heterocycles. The zero-order valence-corrected chi connectivity index (χ0v) is 15.2. The number of carbonyl (C=O) groups excluding carboxylic acids is 2. The van der Waals surface area contributed by atoms with E-state index in [1.165, 1.54) is 0 Å². The van der Waals surface area contributed by atoms with Crippen molar-refractivity contribution >= 4 is 23.5 Å². The van der Waals surface area contributed by atoms with E-state index in [0.717, 1.165) is 18.4 Å². The number of nitrogens with zero attached hydrogens (tertiary/aromatic N) is 1.